The number of nitrogens with zero attached hydrogens (tertiary/aromatic N) is 4. The van der Waals surface area contributed by atoms with Gasteiger partial charge in [0.1, 0.15) is 11.8 Å². The summed E-state index contributed by atoms with van der Waals surface area (Å²) in [5.41, 5.74) is 7.32. The van der Waals surface area contributed by atoms with Crippen LogP contribution in [0.2, 0.25) is 0 Å². The van der Waals surface area contributed by atoms with Gasteiger partial charge in [-0.1, -0.05) is 0 Å². The Balaban J connectivity index is 1.72. The van der Waals surface area contributed by atoms with Gasteiger partial charge in [-0.25, -0.2) is 15.0 Å². The summed E-state index contributed by atoms with van der Waals surface area (Å²) in [6.45, 7) is 3.23. The Hall–Kier alpha value is -1.69. The molecule has 0 radical (unpaired) electrons. The van der Waals surface area contributed by atoms with Crippen molar-refractivity contribution in [1.29, 1.82) is 0 Å². The summed E-state index contributed by atoms with van der Waals surface area (Å²) in [5, 5.41) is 3.44. The average Bonchev–Trinajstić information content (AvgIpc) is 2.82. The molecule has 2 aromatic heterocycles. The molecule has 0 aromatic carbocycles. The molecule has 18 heavy (non-hydrogen) atoms. The number of nitrogen functional groups attached to an aromatic ring is 1. The highest BCUT2D eigenvalue weighted by molar-refractivity contribution is 5.80. The van der Waals surface area contributed by atoms with Crippen LogP contribution >= 0.6 is 0 Å². The zero-order valence-electron chi connectivity index (χ0n) is 10.3. The number of rotatable bonds is 3. The lowest BCUT2D eigenvalue weighted by molar-refractivity contribution is 0.343. The SMILES string of the molecule is Nc1ncnc2c1ncn2CCC1CCCNC1. The van der Waals surface area contributed by atoms with Crippen molar-refractivity contribution in [2.45, 2.75) is 25.8 Å². The molecule has 0 aliphatic carbocycles. The first-order valence-electron chi connectivity index (χ1n) is 6.46. The van der Waals surface area contributed by atoms with Crippen molar-refractivity contribution in [1.82, 2.24) is 24.8 Å². The van der Waals surface area contributed by atoms with E-state index in [9.17, 15) is 0 Å². The minimum atomic E-state index is 0.457. The van der Waals surface area contributed by atoms with Gasteiger partial charge in [0.15, 0.2) is 11.5 Å². The van der Waals surface area contributed by atoms with Gasteiger partial charge in [0.25, 0.3) is 0 Å². The fourth-order valence-electron chi connectivity index (χ4n) is 2.55. The van der Waals surface area contributed by atoms with E-state index in [2.05, 4.69) is 24.8 Å². The molecule has 0 spiro atoms. The van der Waals surface area contributed by atoms with Gasteiger partial charge in [0.05, 0.1) is 6.33 Å². The summed E-state index contributed by atoms with van der Waals surface area (Å²) in [6.07, 6.45) is 7.06. The molecule has 0 saturated carbocycles. The predicted molar refractivity (Wildman–Crippen MR) is 69.9 cm³/mol. The van der Waals surface area contributed by atoms with Crippen molar-refractivity contribution >= 4 is 17.0 Å². The lowest BCUT2D eigenvalue weighted by Crippen LogP contribution is -2.30. The van der Waals surface area contributed by atoms with E-state index in [1.165, 1.54) is 19.2 Å². The Kier molecular flexibility index (Phi) is 3.10. The van der Waals surface area contributed by atoms with E-state index < -0.39 is 0 Å². The highest BCUT2D eigenvalue weighted by Crippen LogP contribution is 2.18. The number of aryl methyl sites for hydroxylation is 1. The molecule has 6 heteroatoms. The predicted octanol–water partition coefficient (Wildman–Crippen LogP) is 0.798. The molecule has 1 aliphatic heterocycles. The molecule has 96 valence electrons. The zero-order chi connectivity index (χ0) is 12.4. The summed E-state index contributed by atoms with van der Waals surface area (Å²) in [7, 11) is 0. The van der Waals surface area contributed by atoms with E-state index in [4.69, 9.17) is 5.73 Å². The van der Waals surface area contributed by atoms with E-state index in [-0.39, 0.29) is 0 Å². The van der Waals surface area contributed by atoms with Crippen LogP contribution in [0.15, 0.2) is 12.7 Å². The first-order chi connectivity index (χ1) is 8.84. The molecule has 3 N–H and O–H groups in total. The molecule has 3 rings (SSSR count). The second-order valence-corrected chi connectivity index (χ2v) is 4.87. The number of piperidine rings is 1. The van der Waals surface area contributed by atoms with Gasteiger partial charge in [-0.3, -0.25) is 0 Å². The van der Waals surface area contributed by atoms with Crippen molar-refractivity contribution in [2.24, 2.45) is 5.92 Å². The number of hydrogen-bond donors (Lipinski definition) is 2. The maximum absolute atomic E-state index is 5.77. The number of anilines is 1. The van der Waals surface area contributed by atoms with Gasteiger partial charge in [-0.05, 0) is 38.3 Å². The summed E-state index contributed by atoms with van der Waals surface area (Å²) in [6, 6.07) is 0. The molecular formula is C12H18N6. The van der Waals surface area contributed by atoms with Crippen LogP contribution in [0.5, 0.6) is 0 Å². The normalized spacial score (nSPS) is 20.3. The molecule has 1 atom stereocenters. The van der Waals surface area contributed by atoms with Crippen molar-refractivity contribution in [3.8, 4) is 0 Å². The van der Waals surface area contributed by atoms with Crippen LogP contribution in [0.3, 0.4) is 0 Å². The third-order valence-electron chi connectivity index (χ3n) is 3.61. The Morgan fingerprint density at radius 2 is 2.33 bits per heavy atom. The third-order valence-corrected chi connectivity index (χ3v) is 3.61. The van der Waals surface area contributed by atoms with Crippen LogP contribution in [0.1, 0.15) is 19.3 Å². The second kappa shape index (κ2) is 4.89. The maximum atomic E-state index is 5.77. The smallest absolute Gasteiger partial charge is 0.165 e. The first kappa shape index (κ1) is 11.4. The number of fused-ring (bicyclic) bond motifs is 1. The summed E-state index contributed by atoms with van der Waals surface area (Å²) >= 11 is 0. The van der Waals surface area contributed by atoms with Crippen LogP contribution < -0.4 is 11.1 Å². The summed E-state index contributed by atoms with van der Waals surface area (Å²) < 4.78 is 2.07. The molecule has 0 bridgehead atoms. The van der Waals surface area contributed by atoms with Crippen molar-refractivity contribution in [3.63, 3.8) is 0 Å². The lowest BCUT2D eigenvalue weighted by Gasteiger charge is -2.22. The minimum absolute atomic E-state index is 0.457. The molecule has 0 amide bonds. The molecule has 6 nitrogen and oxygen atoms in total. The van der Waals surface area contributed by atoms with Crippen LogP contribution in [0.25, 0.3) is 11.2 Å². The summed E-state index contributed by atoms with van der Waals surface area (Å²) in [4.78, 5) is 12.5. The molecule has 2 aromatic rings. The van der Waals surface area contributed by atoms with Gasteiger partial charge < -0.3 is 15.6 Å². The molecule has 1 fully saturated rings. The van der Waals surface area contributed by atoms with Crippen LogP contribution in [0.4, 0.5) is 5.82 Å². The number of nitrogens with two attached hydrogens (primary N) is 1. The Morgan fingerprint density at radius 3 is 3.17 bits per heavy atom. The quantitative estimate of drug-likeness (QED) is 0.837. The van der Waals surface area contributed by atoms with E-state index in [0.29, 0.717) is 11.3 Å². The Labute approximate surface area is 106 Å². The Bertz CT molecular complexity index is 528. The largest absolute Gasteiger partial charge is 0.382 e. The number of hydrogen-bond acceptors (Lipinski definition) is 5. The van der Waals surface area contributed by atoms with Gasteiger partial charge in [-0.15, -0.1) is 0 Å². The topological polar surface area (TPSA) is 81.7 Å². The lowest BCUT2D eigenvalue weighted by atomic mass is 9.96. The molecule has 1 saturated heterocycles. The van der Waals surface area contributed by atoms with Crippen LogP contribution in [0, 0.1) is 5.92 Å². The van der Waals surface area contributed by atoms with E-state index >= 15 is 0 Å². The first-order valence-corrected chi connectivity index (χ1v) is 6.46. The van der Waals surface area contributed by atoms with Gasteiger partial charge in [0.2, 0.25) is 0 Å². The van der Waals surface area contributed by atoms with Crippen molar-refractivity contribution < 1.29 is 0 Å². The van der Waals surface area contributed by atoms with Crippen molar-refractivity contribution in [2.75, 3.05) is 18.8 Å². The number of imidazole rings is 1. The minimum Gasteiger partial charge on any atom is -0.382 e. The third kappa shape index (κ3) is 2.15. The zero-order valence-corrected chi connectivity index (χ0v) is 10.3. The molecule has 3 heterocycles. The van der Waals surface area contributed by atoms with Gasteiger partial charge in [-0.2, -0.15) is 0 Å². The summed E-state index contributed by atoms with van der Waals surface area (Å²) in [5.74, 6) is 1.22. The second-order valence-electron chi connectivity index (χ2n) is 4.87. The van der Waals surface area contributed by atoms with Crippen molar-refractivity contribution in [3.05, 3.63) is 12.7 Å². The fourth-order valence-corrected chi connectivity index (χ4v) is 2.55. The van der Waals surface area contributed by atoms with E-state index in [0.717, 1.165) is 37.6 Å². The van der Waals surface area contributed by atoms with E-state index in [1.807, 2.05) is 6.33 Å². The Morgan fingerprint density at radius 1 is 1.39 bits per heavy atom. The number of aromatic nitrogens is 4. The van der Waals surface area contributed by atoms with E-state index in [1.54, 1.807) is 0 Å². The molecule has 1 unspecified atom stereocenters. The standard InChI is InChI=1S/C12H18N6/c13-11-10-12(16-7-15-11)18(8-17-10)5-3-9-2-1-4-14-6-9/h7-9,14H,1-6H2,(H2,13,15,16). The molecular weight excluding hydrogens is 228 g/mol. The average molecular weight is 246 g/mol. The fraction of sp³-hybridized carbons (Fsp3) is 0.583. The number of nitrogens with one attached hydrogen (secondary N) is 1. The van der Waals surface area contributed by atoms with Gasteiger partial charge >= 0.3 is 0 Å². The highest BCUT2D eigenvalue weighted by atomic mass is 15.1. The maximum Gasteiger partial charge on any atom is 0.165 e. The highest BCUT2D eigenvalue weighted by Gasteiger charge is 2.14. The molecule has 1 aliphatic rings. The van der Waals surface area contributed by atoms with Gasteiger partial charge in [0, 0.05) is 6.54 Å². The van der Waals surface area contributed by atoms with Crippen LogP contribution in [-0.4, -0.2) is 32.6 Å². The monoisotopic (exact) mass is 246 g/mol. The van der Waals surface area contributed by atoms with Crippen LogP contribution in [-0.2, 0) is 6.54 Å².